The van der Waals surface area contributed by atoms with Crippen molar-refractivity contribution in [3.05, 3.63) is 24.3 Å². The molecule has 5 aliphatic rings. The number of benzene rings is 1. The Balaban J connectivity index is 1.23. The molecule has 44 heavy (non-hydrogen) atoms. The van der Waals surface area contributed by atoms with Crippen molar-refractivity contribution in [3.8, 4) is 5.75 Å². The maximum Gasteiger partial charge on any atom is 0.411 e. The van der Waals surface area contributed by atoms with E-state index in [0.29, 0.717) is 41.2 Å². The Morgan fingerprint density at radius 2 is 1.55 bits per heavy atom. The minimum absolute atomic E-state index is 0.133. The van der Waals surface area contributed by atoms with Crippen molar-refractivity contribution in [1.29, 1.82) is 0 Å². The monoisotopic (exact) mass is 607 g/mol. The average molecular weight is 608 g/mol. The summed E-state index contributed by atoms with van der Waals surface area (Å²) < 4.78 is 11.4. The molecule has 5 saturated carbocycles. The van der Waals surface area contributed by atoms with Crippen LogP contribution in [0.25, 0.3) is 0 Å². The maximum absolute atomic E-state index is 13.1. The Bertz CT molecular complexity index is 1270. The number of carboxylic acids is 1. The number of fused-ring (bicyclic) bond motifs is 7. The summed E-state index contributed by atoms with van der Waals surface area (Å²) in [6, 6.07) is 7.35. The van der Waals surface area contributed by atoms with E-state index in [-0.39, 0.29) is 33.9 Å². The zero-order chi connectivity index (χ0) is 31.9. The number of amides is 1. The van der Waals surface area contributed by atoms with Crippen molar-refractivity contribution in [2.75, 3.05) is 12.4 Å². The molecule has 0 spiro atoms. The highest BCUT2D eigenvalue weighted by Crippen LogP contribution is 2.77. The first-order chi connectivity index (χ1) is 20.6. The average Bonchev–Trinajstić information content (AvgIpc) is 3.37. The third kappa shape index (κ3) is 4.38. The summed E-state index contributed by atoms with van der Waals surface area (Å²) >= 11 is 0. The second-order valence-electron chi connectivity index (χ2n) is 17.2. The number of rotatable bonds is 5. The van der Waals surface area contributed by atoms with Gasteiger partial charge in [-0.05, 0) is 140 Å². The Kier molecular flexibility index (Phi) is 7.68. The van der Waals surface area contributed by atoms with Gasteiger partial charge < -0.3 is 14.6 Å². The molecule has 6 rings (SSSR count). The largest absolute Gasteiger partial charge is 0.497 e. The molecule has 4 unspecified atom stereocenters. The summed E-state index contributed by atoms with van der Waals surface area (Å²) in [6.07, 6.45) is 9.93. The predicted octanol–water partition coefficient (Wildman–Crippen LogP) is 9.43. The van der Waals surface area contributed by atoms with Gasteiger partial charge in [0.05, 0.1) is 12.5 Å². The van der Waals surface area contributed by atoms with Gasteiger partial charge in [-0.1, -0.05) is 48.5 Å². The first-order valence-corrected chi connectivity index (χ1v) is 17.5. The van der Waals surface area contributed by atoms with Crippen LogP contribution in [0.3, 0.4) is 0 Å². The number of hydrogen-bond donors (Lipinski definition) is 2. The molecule has 1 amide bonds. The van der Waals surface area contributed by atoms with Crippen molar-refractivity contribution < 1.29 is 24.2 Å². The molecule has 6 heteroatoms. The minimum Gasteiger partial charge on any atom is -0.497 e. The van der Waals surface area contributed by atoms with Crippen LogP contribution in [0.4, 0.5) is 10.5 Å². The molecule has 10 atom stereocenters. The number of nitrogens with one attached hydrogen (secondary N) is 1. The van der Waals surface area contributed by atoms with E-state index < -0.39 is 11.4 Å². The number of carbonyl (C=O) groups is 2. The zero-order valence-corrected chi connectivity index (χ0v) is 28.5. The van der Waals surface area contributed by atoms with Crippen molar-refractivity contribution >= 4 is 17.7 Å². The molecule has 5 aliphatic carbocycles. The molecule has 0 heterocycles. The molecule has 5 fully saturated rings. The van der Waals surface area contributed by atoms with Gasteiger partial charge >= 0.3 is 12.1 Å². The van der Waals surface area contributed by atoms with Crippen molar-refractivity contribution in [3.63, 3.8) is 0 Å². The van der Waals surface area contributed by atoms with Crippen LogP contribution in [0.15, 0.2) is 24.3 Å². The number of carbonyl (C=O) groups excluding carboxylic acids is 1. The first-order valence-electron chi connectivity index (χ1n) is 17.5. The highest BCUT2D eigenvalue weighted by atomic mass is 16.6. The topological polar surface area (TPSA) is 84.9 Å². The summed E-state index contributed by atoms with van der Waals surface area (Å²) in [5, 5.41) is 13.6. The van der Waals surface area contributed by atoms with Gasteiger partial charge in [-0.3, -0.25) is 10.1 Å². The van der Waals surface area contributed by atoms with Gasteiger partial charge in [0.15, 0.2) is 0 Å². The van der Waals surface area contributed by atoms with Crippen LogP contribution in [0.1, 0.15) is 113 Å². The fourth-order valence-corrected chi connectivity index (χ4v) is 12.9. The highest BCUT2D eigenvalue weighted by Gasteiger charge is 2.72. The minimum atomic E-state index is -0.522. The number of hydrogen-bond acceptors (Lipinski definition) is 4. The summed E-state index contributed by atoms with van der Waals surface area (Å²) in [7, 11) is 1.63. The lowest BCUT2D eigenvalue weighted by molar-refractivity contribution is -0.249. The second kappa shape index (κ2) is 10.7. The van der Waals surface area contributed by atoms with E-state index in [1.165, 1.54) is 12.8 Å². The zero-order valence-electron chi connectivity index (χ0n) is 28.5. The lowest BCUT2D eigenvalue weighted by Crippen LogP contribution is -2.67. The molecule has 0 saturated heterocycles. The first kappa shape index (κ1) is 31.7. The van der Waals surface area contributed by atoms with Crippen LogP contribution in [0.5, 0.6) is 5.75 Å². The van der Waals surface area contributed by atoms with Gasteiger partial charge in [-0.25, -0.2) is 4.79 Å². The summed E-state index contributed by atoms with van der Waals surface area (Å²) in [5.41, 5.74) is 0.557. The van der Waals surface area contributed by atoms with Gasteiger partial charge in [0.1, 0.15) is 11.9 Å². The second-order valence-corrected chi connectivity index (χ2v) is 17.2. The predicted molar refractivity (Wildman–Crippen MR) is 174 cm³/mol. The van der Waals surface area contributed by atoms with Crippen LogP contribution in [0.2, 0.25) is 0 Å². The van der Waals surface area contributed by atoms with Gasteiger partial charge in [0.25, 0.3) is 0 Å². The Morgan fingerprint density at radius 1 is 0.841 bits per heavy atom. The third-order valence-corrected chi connectivity index (χ3v) is 15.3. The molecule has 0 bridgehead atoms. The molecule has 1 aromatic carbocycles. The number of aliphatic carboxylic acids is 1. The van der Waals surface area contributed by atoms with Gasteiger partial charge in [-0.15, -0.1) is 0 Å². The Hall–Kier alpha value is -2.24. The molecular formula is C38H57NO5. The van der Waals surface area contributed by atoms with Crippen molar-refractivity contribution in [1.82, 2.24) is 0 Å². The molecule has 244 valence electrons. The quantitative estimate of drug-likeness (QED) is 0.348. The number of anilines is 1. The molecule has 0 aromatic heterocycles. The fourth-order valence-electron chi connectivity index (χ4n) is 12.9. The SMILES string of the molecule is COc1ccc(NC(=O)O[C@@H]2CC[C@@]3(C)C(CC[C@]4(C)C3CCC3C5[C@H](C(C)C)CC[C@]5(C(=O)O)CC[C@]34C)C2(C)C)cc1. The van der Waals surface area contributed by atoms with E-state index in [9.17, 15) is 14.7 Å². The molecule has 0 radical (unpaired) electrons. The molecular weight excluding hydrogens is 550 g/mol. The number of ether oxygens (including phenoxy) is 2. The van der Waals surface area contributed by atoms with Crippen LogP contribution in [0, 0.1) is 62.6 Å². The van der Waals surface area contributed by atoms with Crippen LogP contribution < -0.4 is 10.1 Å². The van der Waals surface area contributed by atoms with E-state index in [1.54, 1.807) is 7.11 Å². The van der Waals surface area contributed by atoms with Crippen molar-refractivity contribution in [2.24, 2.45) is 62.6 Å². The number of methoxy groups -OCH3 is 1. The fraction of sp³-hybridized carbons (Fsp3) is 0.789. The van der Waals surface area contributed by atoms with E-state index in [1.807, 2.05) is 24.3 Å². The van der Waals surface area contributed by atoms with Crippen LogP contribution in [-0.4, -0.2) is 30.4 Å². The summed E-state index contributed by atoms with van der Waals surface area (Å²) in [4.78, 5) is 26.0. The van der Waals surface area contributed by atoms with Gasteiger partial charge in [0, 0.05) is 11.1 Å². The normalized spacial score (nSPS) is 44.0. The molecule has 6 nitrogen and oxygen atoms in total. The third-order valence-electron chi connectivity index (χ3n) is 15.3. The lowest BCUT2D eigenvalue weighted by Gasteiger charge is -2.72. The summed E-state index contributed by atoms with van der Waals surface area (Å²) in [6.45, 7) is 17.1. The van der Waals surface area contributed by atoms with Crippen LogP contribution >= 0.6 is 0 Å². The number of carboxylic acid groups (broad SMARTS) is 1. The Labute approximate surface area is 265 Å². The molecule has 1 aromatic rings. The summed E-state index contributed by atoms with van der Waals surface area (Å²) in [5.74, 6) is 3.12. The van der Waals surface area contributed by atoms with E-state index in [4.69, 9.17) is 9.47 Å². The van der Waals surface area contributed by atoms with E-state index >= 15 is 0 Å². The van der Waals surface area contributed by atoms with Crippen LogP contribution in [-0.2, 0) is 9.53 Å². The standard InChI is InChI=1S/C38H57NO5/c1-23(2)26-15-20-38(32(40)41)22-21-36(6)27(31(26)38)13-14-29-35(5)18-17-30(34(3,4)28(35)16-19-37(29,36)7)44-33(42)39-24-9-11-25(43-8)12-10-24/h9-12,23,26-31H,13-22H2,1-8H3,(H,39,42)(H,40,41)/t26-,27?,28?,29?,30+,31?,35-,36+,37+,38-/m0/s1. The van der Waals surface area contributed by atoms with Crippen molar-refractivity contribution in [2.45, 2.75) is 119 Å². The lowest BCUT2D eigenvalue weighted by atomic mass is 9.32. The van der Waals surface area contributed by atoms with E-state index in [0.717, 1.165) is 57.1 Å². The smallest absolute Gasteiger partial charge is 0.411 e. The Morgan fingerprint density at radius 3 is 2.18 bits per heavy atom. The van der Waals surface area contributed by atoms with E-state index in [2.05, 4.69) is 53.8 Å². The molecule has 2 N–H and O–H groups in total. The van der Waals surface area contributed by atoms with Gasteiger partial charge in [-0.2, -0.15) is 0 Å². The highest BCUT2D eigenvalue weighted by molar-refractivity contribution is 5.84. The maximum atomic E-state index is 13.1. The van der Waals surface area contributed by atoms with Gasteiger partial charge in [0.2, 0.25) is 0 Å². The molecule has 0 aliphatic heterocycles.